The molecule has 5 nitrogen and oxygen atoms in total. The molecule has 28 heavy (non-hydrogen) atoms. The molecular formula is C22H41IN4O. The Morgan fingerprint density at radius 1 is 1.04 bits per heavy atom. The molecule has 4 atom stereocenters. The van der Waals surface area contributed by atoms with Gasteiger partial charge in [-0.3, -0.25) is 4.99 Å². The fraction of sp³-hybridized carbons (Fsp3) is 0.955. The Labute approximate surface area is 188 Å². The SMILES string of the molecule is CCOC1CC(NC(=NC)NC2CC3CCCC(C2)N3C)C12CCCCC2.I. The van der Waals surface area contributed by atoms with E-state index in [1.807, 2.05) is 7.05 Å². The first-order chi connectivity index (χ1) is 13.2. The Morgan fingerprint density at radius 3 is 2.32 bits per heavy atom. The average Bonchev–Trinajstić information content (AvgIpc) is 2.67. The number of halogens is 1. The van der Waals surface area contributed by atoms with Crippen molar-refractivity contribution in [1.29, 1.82) is 0 Å². The van der Waals surface area contributed by atoms with Crippen LogP contribution in [0.3, 0.4) is 0 Å². The van der Waals surface area contributed by atoms with Gasteiger partial charge in [-0.25, -0.2) is 0 Å². The largest absolute Gasteiger partial charge is 0.378 e. The zero-order valence-corrected chi connectivity index (χ0v) is 20.4. The van der Waals surface area contributed by atoms with Crippen molar-refractivity contribution >= 4 is 29.9 Å². The fourth-order valence-electron chi connectivity index (χ4n) is 6.53. The Hall–Kier alpha value is -0.0800. The highest BCUT2D eigenvalue weighted by Gasteiger charge is 2.56. The van der Waals surface area contributed by atoms with Crippen molar-refractivity contribution in [2.75, 3.05) is 20.7 Å². The molecule has 2 saturated carbocycles. The second kappa shape index (κ2) is 9.82. The molecule has 2 aliphatic carbocycles. The number of piperidine rings is 2. The monoisotopic (exact) mass is 504 g/mol. The number of fused-ring (bicyclic) bond motifs is 2. The van der Waals surface area contributed by atoms with E-state index in [0.29, 0.717) is 23.6 Å². The van der Waals surface area contributed by atoms with Gasteiger partial charge in [0.15, 0.2) is 5.96 Å². The summed E-state index contributed by atoms with van der Waals surface area (Å²) in [5, 5.41) is 7.62. The molecule has 4 fully saturated rings. The van der Waals surface area contributed by atoms with E-state index in [0.717, 1.165) is 31.1 Å². The van der Waals surface area contributed by atoms with E-state index in [1.165, 1.54) is 64.2 Å². The van der Waals surface area contributed by atoms with Gasteiger partial charge in [0.05, 0.1) is 6.10 Å². The molecule has 6 heteroatoms. The third-order valence-electron chi connectivity index (χ3n) is 8.15. The van der Waals surface area contributed by atoms with Gasteiger partial charge < -0.3 is 20.3 Å². The van der Waals surface area contributed by atoms with Crippen LogP contribution in [0.25, 0.3) is 0 Å². The Morgan fingerprint density at radius 2 is 1.71 bits per heavy atom. The van der Waals surface area contributed by atoms with E-state index in [2.05, 4.69) is 34.5 Å². The molecule has 0 amide bonds. The highest BCUT2D eigenvalue weighted by molar-refractivity contribution is 14.0. The van der Waals surface area contributed by atoms with Crippen LogP contribution in [0, 0.1) is 5.41 Å². The van der Waals surface area contributed by atoms with Gasteiger partial charge in [-0.1, -0.05) is 25.7 Å². The molecule has 0 aromatic carbocycles. The lowest BCUT2D eigenvalue weighted by molar-refractivity contribution is -0.145. The second-order valence-electron chi connectivity index (χ2n) is 9.46. The van der Waals surface area contributed by atoms with Gasteiger partial charge in [-0.2, -0.15) is 0 Å². The van der Waals surface area contributed by atoms with Crippen molar-refractivity contribution in [3.8, 4) is 0 Å². The van der Waals surface area contributed by atoms with Crippen LogP contribution in [0.1, 0.15) is 77.6 Å². The van der Waals surface area contributed by atoms with Gasteiger partial charge in [-0.15, -0.1) is 24.0 Å². The number of rotatable bonds is 4. The van der Waals surface area contributed by atoms with Gasteiger partial charge in [-0.05, 0) is 58.9 Å². The molecule has 0 radical (unpaired) electrons. The van der Waals surface area contributed by atoms with Gasteiger partial charge >= 0.3 is 0 Å². The van der Waals surface area contributed by atoms with Crippen LogP contribution in [-0.2, 0) is 4.74 Å². The third kappa shape index (κ3) is 4.34. The molecule has 4 rings (SSSR count). The van der Waals surface area contributed by atoms with Gasteiger partial charge in [0.1, 0.15) is 0 Å². The molecule has 162 valence electrons. The predicted molar refractivity (Wildman–Crippen MR) is 127 cm³/mol. The number of nitrogens with zero attached hydrogens (tertiary/aromatic N) is 2. The summed E-state index contributed by atoms with van der Waals surface area (Å²) in [6, 6.07) is 2.59. The summed E-state index contributed by atoms with van der Waals surface area (Å²) in [5.41, 5.74) is 0.342. The van der Waals surface area contributed by atoms with Crippen LogP contribution < -0.4 is 10.6 Å². The molecular weight excluding hydrogens is 463 g/mol. The van der Waals surface area contributed by atoms with Crippen molar-refractivity contribution in [2.45, 2.75) is 108 Å². The number of hydrogen-bond acceptors (Lipinski definition) is 3. The Kier molecular flexibility index (Phi) is 7.93. The molecule has 2 N–H and O–H groups in total. The van der Waals surface area contributed by atoms with Gasteiger partial charge in [0.25, 0.3) is 0 Å². The molecule has 0 aromatic heterocycles. The summed E-state index contributed by atoms with van der Waals surface area (Å²) in [4.78, 5) is 7.24. The van der Waals surface area contributed by atoms with Crippen molar-refractivity contribution in [1.82, 2.24) is 15.5 Å². The molecule has 0 aromatic rings. The van der Waals surface area contributed by atoms with Crippen molar-refractivity contribution < 1.29 is 4.74 Å². The standard InChI is InChI=1S/C22H40N4O.HI/c1-4-27-20-15-19(22(20)11-6-5-7-12-22)25-21(23-2)24-16-13-17-9-8-10-18(14-16)26(17)3;/h16-20H,4-15H2,1-3H3,(H2,23,24,25);1H. The highest BCUT2D eigenvalue weighted by atomic mass is 127. The zero-order valence-electron chi connectivity index (χ0n) is 18.1. The lowest BCUT2D eigenvalue weighted by atomic mass is 9.55. The van der Waals surface area contributed by atoms with E-state index in [-0.39, 0.29) is 24.0 Å². The minimum Gasteiger partial charge on any atom is -0.378 e. The summed E-state index contributed by atoms with van der Waals surface area (Å²) in [6.07, 6.45) is 14.9. The Bertz CT molecular complexity index is 523. The normalized spacial score (nSPS) is 37.7. The van der Waals surface area contributed by atoms with Crippen LogP contribution in [0.2, 0.25) is 0 Å². The summed E-state index contributed by atoms with van der Waals surface area (Å²) in [5.74, 6) is 1.02. The maximum atomic E-state index is 6.12. The highest BCUT2D eigenvalue weighted by Crippen LogP contribution is 2.53. The first kappa shape index (κ1) is 22.6. The van der Waals surface area contributed by atoms with E-state index in [9.17, 15) is 0 Å². The number of nitrogens with one attached hydrogen (secondary N) is 2. The summed E-state index contributed by atoms with van der Waals surface area (Å²) in [7, 11) is 4.25. The fourth-order valence-corrected chi connectivity index (χ4v) is 6.53. The Balaban J connectivity index is 0.00000225. The first-order valence-corrected chi connectivity index (χ1v) is 11.5. The van der Waals surface area contributed by atoms with E-state index in [4.69, 9.17) is 4.74 Å². The summed E-state index contributed by atoms with van der Waals surface area (Å²) < 4.78 is 6.12. The maximum Gasteiger partial charge on any atom is 0.191 e. The molecule has 2 heterocycles. The molecule has 1 spiro atoms. The summed E-state index contributed by atoms with van der Waals surface area (Å²) >= 11 is 0. The number of hydrogen-bond donors (Lipinski definition) is 2. The lowest BCUT2D eigenvalue weighted by Gasteiger charge is -2.58. The number of ether oxygens (including phenoxy) is 1. The van der Waals surface area contributed by atoms with Crippen molar-refractivity contribution in [3.05, 3.63) is 0 Å². The van der Waals surface area contributed by atoms with Crippen LogP contribution in [0.4, 0.5) is 0 Å². The van der Waals surface area contributed by atoms with Crippen LogP contribution in [0.5, 0.6) is 0 Å². The number of aliphatic imine (C=N–C) groups is 1. The van der Waals surface area contributed by atoms with Gasteiger partial charge in [0, 0.05) is 43.2 Å². The van der Waals surface area contributed by atoms with E-state index >= 15 is 0 Å². The first-order valence-electron chi connectivity index (χ1n) is 11.5. The molecule has 2 aliphatic heterocycles. The van der Waals surface area contributed by atoms with Crippen molar-refractivity contribution in [3.63, 3.8) is 0 Å². The van der Waals surface area contributed by atoms with Crippen molar-refractivity contribution in [2.24, 2.45) is 10.4 Å². The molecule has 2 bridgehead atoms. The lowest BCUT2D eigenvalue weighted by Crippen LogP contribution is -2.67. The minimum atomic E-state index is 0. The van der Waals surface area contributed by atoms with Gasteiger partial charge in [0.2, 0.25) is 0 Å². The zero-order chi connectivity index (χ0) is 18.9. The predicted octanol–water partition coefficient (Wildman–Crippen LogP) is 3.91. The smallest absolute Gasteiger partial charge is 0.191 e. The quantitative estimate of drug-likeness (QED) is 0.346. The minimum absolute atomic E-state index is 0. The van der Waals surface area contributed by atoms with Crippen LogP contribution >= 0.6 is 24.0 Å². The third-order valence-corrected chi connectivity index (χ3v) is 8.15. The van der Waals surface area contributed by atoms with Crippen LogP contribution in [0.15, 0.2) is 4.99 Å². The molecule has 4 aliphatic rings. The molecule has 4 unspecified atom stereocenters. The molecule has 2 saturated heterocycles. The topological polar surface area (TPSA) is 48.9 Å². The number of guanidine groups is 1. The summed E-state index contributed by atoms with van der Waals surface area (Å²) in [6.45, 7) is 2.97. The second-order valence-corrected chi connectivity index (χ2v) is 9.46. The van der Waals surface area contributed by atoms with E-state index in [1.54, 1.807) is 0 Å². The van der Waals surface area contributed by atoms with Crippen LogP contribution in [-0.4, -0.2) is 61.8 Å². The maximum absolute atomic E-state index is 6.12. The van der Waals surface area contributed by atoms with E-state index < -0.39 is 0 Å². The average molecular weight is 505 g/mol.